The van der Waals surface area contributed by atoms with Crippen molar-refractivity contribution in [3.8, 4) is 16.4 Å². The lowest BCUT2D eigenvalue weighted by atomic mass is 10.2. The highest BCUT2D eigenvalue weighted by Crippen LogP contribution is 2.29. The van der Waals surface area contributed by atoms with Gasteiger partial charge in [-0.1, -0.05) is 11.3 Å². The molecular weight excluding hydrogens is 370 g/mol. The lowest BCUT2D eigenvalue weighted by molar-refractivity contribution is 0.0951. The topological polar surface area (TPSA) is 150 Å². The second kappa shape index (κ2) is 7.13. The number of nitrogens with one attached hydrogen (secondary N) is 1. The van der Waals surface area contributed by atoms with Gasteiger partial charge in [0, 0.05) is 12.4 Å². The zero-order chi connectivity index (χ0) is 18.6. The Morgan fingerprint density at radius 1 is 1.30 bits per heavy atom. The minimum absolute atomic E-state index is 0.0281. The molecule has 4 aromatic rings. The number of nitrogens with two attached hydrogens (primary N) is 1. The average Bonchev–Trinajstić information content (AvgIpc) is 3.42. The van der Waals surface area contributed by atoms with E-state index in [9.17, 15) is 4.79 Å². The molecule has 0 unspecified atom stereocenters. The van der Waals surface area contributed by atoms with Crippen molar-refractivity contribution in [1.29, 1.82) is 0 Å². The van der Waals surface area contributed by atoms with Gasteiger partial charge >= 0.3 is 0 Å². The lowest BCUT2D eigenvalue weighted by Gasteiger charge is -2.03. The molecule has 0 atom stereocenters. The van der Waals surface area contributed by atoms with Crippen LogP contribution < -0.4 is 11.2 Å². The van der Waals surface area contributed by atoms with Gasteiger partial charge in [-0.15, -0.1) is 16.4 Å². The van der Waals surface area contributed by atoms with Crippen molar-refractivity contribution in [2.75, 3.05) is 5.73 Å². The molecule has 0 saturated carbocycles. The first kappa shape index (κ1) is 16.5. The van der Waals surface area contributed by atoms with Crippen LogP contribution in [0.3, 0.4) is 0 Å². The summed E-state index contributed by atoms with van der Waals surface area (Å²) in [5.41, 5.74) is 9.43. The van der Waals surface area contributed by atoms with Crippen LogP contribution in [-0.4, -0.2) is 42.4 Å². The van der Waals surface area contributed by atoms with Crippen LogP contribution in [0.1, 0.15) is 16.1 Å². The number of rotatable bonds is 5. The summed E-state index contributed by atoms with van der Waals surface area (Å²) in [6.07, 6.45) is 4.74. The van der Waals surface area contributed by atoms with E-state index in [0.29, 0.717) is 5.69 Å². The molecule has 3 N–H and O–H groups in total. The van der Waals surface area contributed by atoms with E-state index in [1.807, 2.05) is 17.5 Å². The molecule has 0 aliphatic heterocycles. The Kier molecular flexibility index (Phi) is 4.37. The van der Waals surface area contributed by atoms with E-state index in [1.54, 1.807) is 24.5 Å². The van der Waals surface area contributed by atoms with Gasteiger partial charge in [-0.05, 0) is 39.5 Å². The van der Waals surface area contributed by atoms with Gasteiger partial charge in [0.1, 0.15) is 5.69 Å². The van der Waals surface area contributed by atoms with E-state index in [1.165, 1.54) is 22.2 Å². The van der Waals surface area contributed by atoms with Crippen LogP contribution >= 0.6 is 11.3 Å². The number of anilines is 1. The first-order valence-corrected chi connectivity index (χ1v) is 8.43. The molecule has 11 nitrogen and oxygen atoms in total. The van der Waals surface area contributed by atoms with Crippen LogP contribution in [0.5, 0.6) is 0 Å². The third-order valence-corrected chi connectivity index (χ3v) is 4.30. The lowest BCUT2D eigenvalue weighted by Crippen LogP contribution is -2.19. The first-order valence-electron chi connectivity index (χ1n) is 7.55. The third kappa shape index (κ3) is 3.28. The van der Waals surface area contributed by atoms with Gasteiger partial charge in [0.05, 0.1) is 11.1 Å². The molecule has 0 aliphatic rings. The highest BCUT2D eigenvalue weighted by molar-refractivity contribution is 7.13. The molecule has 0 fully saturated rings. The number of carbonyl (C=O) groups excluding carboxylic acids is 1. The number of carbonyl (C=O) groups is 1. The van der Waals surface area contributed by atoms with Crippen LogP contribution in [0.25, 0.3) is 16.4 Å². The Balaban J connectivity index is 1.66. The predicted octanol–water partition coefficient (Wildman–Crippen LogP) is 1.12. The van der Waals surface area contributed by atoms with Gasteiger partial charge < -0.3 is 5.73 Å². The Hall–Kier alpha value is -3.93. The van der Waals surface area contributed by atoms with E-state index in [-0.39, 0.29) is 17.3 Å². The van der Waals surface area contributed by atoms with Crippen molar-refractivity contribution in [1.82, 2.24) is 35.7 Å². The molecule has 0 spiro atoms. The van der Waals surface area contributed by atoms with Crippen LogP contribution in [0, 0.1) is 0 Å². The Labute approximate surface area is 155 Å². The number of amides is 1. The Bertz CT molecular complexity index is 1090. The molecule has 0 saturated heterocycles. The maximum absolute atomic E-state index is 12.6. The maximum atomic E-state index is 12.6. The van der Waals surface area contributed by atoms with Gasteiger partial charge in [0.25, 0.3) is 5.91 Å². The number of thiophene rings is 1. The fourth-order valence-corrected chi connectivity index (χ4v) is 2.98. The van der Waals surface area contributed by atoms with Gasteiger partial charge in [0.15, 0.2) is 5.69 Å². The molecule has 12 heteroatoms. The smallest absolute Gasteiger partial charge is 0.294 e. The molecule has 4 aromatic heterocycles. The normalized spacial score (nSPS) is 11.1. The number of aromatic nitrogens is 6. The second-order valence-corrected chi connectivity index (χ2v) is 6.08. The summed E-state index contributed by atoms with van der Waals surface area (Å²) >= 11 is 1.40. The van der Waals surface area contributed by atoms with Crippen LogP contribution in [0.15, 0.2) is 51.8 Å². The van der Waals surface area contributed by atoms with Crippen molar-refractivity contribution in [3.63, 3.8) is 0 Å². The fourth-order valence-electron chi connectivity index (χ4n) is 2.22. The molecule has 4 rings (SSSR count). The number of nitrogen functional groups attached to an aromatic ring is 1. The average molecular weight is 381 g/mol. The number of nitrogens with zero attached hydrogens (tertiary/aromatic N) is 7. The quantitative estimate of drug-likeness (QED) is 0.385. The largest absolute Gasteiger partial charge is 0.378 e. The molecular formula is C15H11N9O2S. The van der Waals surface area contributed by atoms with E-state index >= 15 is 0 Å². The zero-order valence-corrected chi connectivity index (χ0v) is 14.4. The summed E-state index contributed by atoms with van der Waals surface area (Å²) < 4.78 is 5.92. The predicted molar refractivity (Wildman–Crippen MR) is 96.2 cm³/mol. The van der Waals surface area contributed by atoms with Crippen molar-refractivity contribution < 1.29 is 9.42 Å². The standard InChI is InChI=1S/C15H11N9O2S/c16-13-14(22-26-21-13)24-12(10-2-1-7-27-10)11(19-23-24)15(25)20-18-8-9-3-5-17-6-4-9/h1-8H,(H2,16,21)(H,20,25)/b18-8-. The summed E-state index contributed by atoms with van der Waals surface area (Å²) in [6.45, 7) is 0. The summed E-state index contributed by atoms with van der Waals surface area (Å²) in [6, 6.07) is 7.17. The van der Waals surface area contributed by atoms with Crippen molar-refractivity contribution >= 4 is 29.3 Å². The van der Waals surface area contributed by atoms with Crippen LogP contribution in [0.2, 0.25) is 0 Å². The van der Waals surface area contributed by atoms with Gasteiger partial charge in [-0.3, -0.25) is 9.78 Å². The molecule has 0 bridgehead atoms. The summed E-state index contributed by atoms with van der Waals surface area (Å²) in [5.74, 6) is -0.365. The summed E-state index contributed by atoms with van der Waals surface area (Å²) in [4.78, 5) is 17.2. The molecule has 134 valence electrons. The van der Waals surface area contributed by atoms with E-state index in [4.69, 9.17) is 5.73 Å². The summed E-state index contributed by atoms with van der Waals surface area (Å²) in [7, 11) is 0. The van der Waals surface area contributed by atoms with Crippen molar-refractivity contribution in [2.45, 2.75) is 0 Å². The second-order valence-electron chi connectivity index (χ2n) is 5.13. The number of pyridine rings is 1. The maximum Gasteiger partial charge on any atom is 0.294 e. The fraction of sp³-hybridized carbons (Fsp3) is 0. The molecule has 0 aliphatic carbocycles. The molecule has 1 amide bonds. The Morgan fingerprint density at radius 2 is 2.15 bits per heavy atom. The molecule has 4 heterocycles. The SMILES string of the molecule is Nc1nonc1-n1nnc(C(=O)N/N=C\c2ccncc2)c1-c1cccs1. The van der Waals surface area contributed by atoms with E-state index in [0.717, 1.165) is 10.4 Å². The zero-order valence-electron chi connectivity index (χ0n) is 13.6. The highest BCUT2D eigenvalue weighted by atomic mass is 32.1. The highest BCUT2D eigenvalue weighted by Gasteiger charge is 2.25. The molecule has 27 heavy (non-hydrogen) atoms. The van der Waals surface area contributed by atoms with Gasteiger partial charge in [-0.2, -0.15) is 9.78 Å². The van der Waals surface area contributed by atoms with E-state index < -0.39 is 5.91 Å². The van der Waals surface area contributed by atoms with Gasteiger partial charge in [0.2, 0.25) is 11.6 Å². The van der Waals surface area contributed by atoms with Gasteiger partial charge in [-0.25, -0.2) is 10.1 Å². The number of hydrazone groups is 1. The number of hydrogen-bond acceptors (Lipinski definition) is 10. The van der Waals surface area contributed by atoms with E-state index in [2.05, 4.69) is 40.8 Å². The van der Waals surface area contributed by atoms with Crippen LogP contribution in [-0.2, 0) is 0 Å². The van der Waals surface area contributed by atoms with Crippen LogP contribution in [0.4, 0.5) is 5.82 Å². The molecule has 0 radical (unpaired) electrons. The van der Waals surface area contributed by atoms with Crippen molar-refractivity contribution in [2.24, 2.45) is 5.10 Å². The summed E-state index contributed by atoms with van der Waals surface area (Å²) in [5, 5.41) is 21.0. The minimum atomic E-state index is -0.537. The number of hydrogen-bond donors (Lipinski definition) is 2. The monoisotopic (exact) mass is 381 g/mol. The first-order chi connectivity index (χ1) is 13.2. The third-order valence-electron chi connectivity index (χ3n) is 3.42. The minimum Gasteiger partial charge on any atom is -0.378 e. The molecule has 0 aromatic carbocycles. The Morgan fingerprint density at radius 3 is 2.85 bits per heavy atom. The van der Waals surface area contributed by atoms with Crippen molar-refractivity contribution in [3.05, 3.63) is 53.3 Å².